The first kappa shape index (κ1) is 25.4. The van der Waals surface area contributed by atoms with E-state index in [-0.39, 0.29) is 36.4 Å². The van der Waals surface area contributed by atoms with Gasteiger partial charge in [-0.05, 0) is 30.7 Å². The number of pyridine rings is 1. The van der Waals surface area contributed by atoms with Crippen LogP contribution in [0.2, 0.25) is 0 Å². The first-order chi connectivity index (χ1) is 14.9. The molecule has 0 saturated heterocycles. The SMILES string of the molecule is CCNC(=NCc1ccnc(OCC(F)(F)F)c1)NCc1coc(-c2ccccc2)n1.I. The lowest BCUT2D eigenvalue weighted by molar-refractivity contribution is -0.154. The molecular weight excluding hydrogens is 538 g/mol. The number of oxazole rings is 1. The average molecular weight is 561 g/mol. The molecule has 0 spiro atoms. The van der Waals surface area contributed by atoms with E-state index >= 15 is 0 Å². The maximum absolute atomic E-state index is 12.3. The largest absolute Gasteiger partial charge is 0.468 e. The van der Waals surface area contributed by atoms with Crippen molar-refractivity contribution in [3.8, 4) is 17.3 Å². The summed E-state index contributed by atoms with van der Waals surface area (Å²) < 4.78 is 47.1. The fraction of sp³-hybridized carbons (Fsp3) is 0.286. The number of hydrogen-bond acceptors (Lipinski definition) is 5. The molecule has 0 aliphatic carbocycles. The van der Waals surface area contributed by atoms with E-state index in [0.29, 0.717) is 36.2 Å². The summed E-state index contributed by atoms with van der Waals surface area (Å²) in [6.45, 7) is 1.79. The second kappa shape index (κ2) is 12.3. The molecule has 0 aliphatic heterocycles. The molecular formula is C21H23F3IN5O2. The molecule has 172 valence electrons. The quantitative estimate of drug-likeness (QED) is 0.239. The van der Waals surface area contributed by atoms with Crippen LogP contribution in [0.4, 0.5) is 13.2 Å². The summed E-state index contributed by atoms with van der Waals surface area (Å²) in [5, 5.41) is 6.26. The van der Waals surface area contributed by atoms with Gasteiger partial charge < -0.3 is 19.8 Å². The Balaban J connectivity index is 0.00000363. The van der Waals surface area contributed by atoms with Gasteiger partial charge >= 0.3 is 6.18 Å². The number of aromatic nitrogens is 2. The maximum atomic E-state index is 12.3. The summed E-state index contributed by atoms with van der Waals surface area (Å²) in [5.74, 6) is 0.961. The topological polar surface area (TPSA) is 84.6 Å². The highest BCUT2D eigenvalue weighted by molar-refractivity contribution is 14.0. The molecule has 0 bridgehead atoms. The summed E-state index contributed by atoms with van der Waals surface area (Å²) in [6, 6.07) is 12.7. The van der Waals surface area contributed by atoms with E-state index in [2.05, 4.69) is 30.3 Å². The maximum Gasteiger partial charge on any atom is 0.422 e. The molecule has 1 aromatic carbocycles. The van der Waals surface area contributed by atoms with Crippen molar-refractivity contribution in [1.82, 2.24) is 20.6 Å². The third kappa shape index (κ3) is 8.36. The van der Waals surface area contributed by atoms with E-state index in [9.17, 15) is 13.2 Å². The van der Waals surface area contributed by atoms with Crippen molar-refractivity contribution in [3.05, 3.63) is 66.2 Å². The monoisotopic (exact) mass is 561 g/mol. The number of hydrogen-bond donors (Lipinski definition) is 2. The van der Waals surface area contributed by atoms with Crippen LogP contribution in [-0.4, -0.2) is 35.3 Å². The highest BCUT2D eigenvalue weighted by Crippen LogP contribution is 2.19. The van der Waals surface area contributed by atoms with Gasteiger partial charge in [-0.25, -0.2) is 15.0 Å². The zero-order valence-corrected chi connectivity index (χ0v) is 19.6. The van der Waals surface area contributed by atoms with Gasteiger partial charge in [0.05, 0.1) is 18.8 Å². The van der Waals surface area contributed by atoms with E-state index in [1.165, 1.54) is 12.3 Å². The minimum Gasteiger partial charge on any atom is -0.468 e. The highest BCUT2D eigenvalue weighted by Gasteiger charge is 2.28. The lowest BCUT2D eigenvalue weighted by atomic mass is 10.2. The Morgan fingerprint density at radius 3 is 2.66 bits per heavy atom. The van der Waals surface area contributed by atoms with Crippen molar-refractivity contribution in [2.75, 3.05) is 13.2 Å². The molecule has 0 atom stereocenters. The number of alkyl halides is 3. The van der Waals surface area contributed by atoms with Crippen LogP contribution in [0.5, 0.6) is 5.88 Å². The summed E-state index contributed by atoms with van der Waals surface area (Å²) in [6.07, 6.45) is -1.46. The highest BCUT2D eigenvalue weighted by atomic mass is 127. The summed E-state index contributed by atoms with van der Waals surface area (Å²) in [7, 11) is 0. The minimum absolute atomic E-state index is 0. The number of aliphatic imine (C=N–C) groups is 1. The Hall–Kier alpha value is -2.83. The summed E-state index contributed by atoms with van der Waals surface area (Å²) in [4.78, 5) is 12.7. The molecule has 2 N–H and O–H groups in total. The van der Waals surface area contributed by atoms with Crippen molar-refractivity contribution in [1.29, 1.82) is 0 Å². The van der Waals surface area contributed by atoms with Crippen LogP contribution < -0.4 is 15.4 Å². The number of halogens is 4. The van der Waals surface area contributed by atoms with Crippen LogP contribution in [0.15, 0.2) is 64.3 Å². The van der Waals surface area contributed by atoms with Gasteiger partial charge in [0.2, 0.25) is 11.8 Å². The lowest BCUT2D eigenvalue weighted by Crippen LogP contribution is -2.36. The summed E-state index contributed by atoms with van der Waals surface area (Å²) in [5.41, 5.74) is 2.25. The molecule has 0 saturated carbocycles. The van der Waals surface area contributed by atoms with Gasteiger partial charge in [0.15, 0.2) is 12.6 Å². The van der Waals surface area contributed by atoms with Crippen LogP contribution in [0.1, 0.15) is 18.2 Å². The molecule has 2 heterocycles. The van der Waals surface area contributed by atoms with Gasteiger partial charge in [-0.2, -0.15) is 13.2 Å². The average Bonchev–Trinajstić information content (AvgIpc) is 3.24. The predicted octanol–water partition coefficient (Wildman–Crippen LogP) is 4.55. The smallest absolute Gasteiger partial charge is 0.422 e. The van der Waals surface area contributed by atoms with Gasteiger partial charge in [-0.1, -0.05) is 18.2 Å². The van der Waals surface area contributed by atoms with Gasteiger partial charge in [0.25, 0.3) is 0 Å². The molecule has 0 radical (unpaired) electrons. The molecule has 0 aliphatic rings. The Labute approximate surface area is 200 Å². The zero-order valence-electron chi connectivity index (χ0n) is 17.2. The predicted molar refractivity (Wildman–Crippen MR) is 125 cm³/mol. The number of ether oxygens (including phenoxy) is 1. The molecule has 32 heavy (non-hydrogen) atoms. The summed E-state index contributed by atoms with van der Waals surface area (Å²) >= 11 is 0. The van der Waals surface area contributed by atoms with Gasteiger partial charge in [-0.3, -0.25) is 0 Å². The molecule has 2 aromatic heterocycles. The lowest BCUT2D eigenvalue weighted by Gasteiger charge is -2.11. The van der Waals surface area contributed by atoms with Crippen LogP contribution >= 0.6 is 24.0 Å². The number of benzene rings is 1. The molecule has 0 fully saturated rings. The van der Waals surface area contributed by atoms with E-state index in [1.54, 1.807) is 12.3 Å². The minimum atomic E-state index is -4.42. The van der Waals surface area contributed by atoms with E-state index < -0.39 is 12.8 Å². The molecule has 11 heteroatoms. The van der Waals surface area contributed by atoms with Crippen molar-refractivity contribution in [2.24, 2.45) is 4.99 Å². The molecule has 0 amide bonds. The number of nitrogens with zero attached hydrogens (tertiary/aromatic N) is 3. The molecule has 7 nitrogen and oxygen atoms in total. The van der Waals surface area contributed by atoms with E-state index in [4.69, 9.17) is 4.42 Å². The Bertz CT molecular complexity index is 996. The first-order valence-electron chi connectivity index (χ1n) is 9.59. The standard InChI is InChI=1S/C21H22F3N5O2.HI/c1-2-25-20(27-11-15-8-9-26-18(10-15)31-14-21(22,23)24)28-12-17-13-30-19(29-17)16-6-4-3-5-7-16;/h3-10,13H,2,11-12,14H2,1H3,(H2,25,27,28);1H. The fourth-order valence-electron chi connectivity index (χ4n) is 2.57. The number of nitrogens with one attached hydrogen (secondary N) is 2. The number of rotatable bonds is 8. The first-order valence-corrected chi connectivity index (χ1v) is 9.59. The third-order valence-corrected chi connectivity index (χ3v) is 3.96. The fourth-order valence-corrected chi connectivity index (χ4v) is 2.57. The van der Waals surface area contributed by atoms with Crippen molar-refractivity contribution in [3.63, 3.8) is 0 Å². The van der Waals surface area contributed by atoms with E-state index in [0.717, 1.165) is 5.56 Å². The Kier molecular flexibility index (Phi) is 9.75. The second-order valence-corrected chi connectivity index (χ2v) is 6.46. The van der Waals surface area contributed by atoms with Gasteiger partial charge in [0, 0.05) is 24.4 Å². The van der Waals surface area contributed by atoms with Crippen molar-refractivity contribution in [2.45, 2.75) is 26.2 Å². The Morgan fingerprint density at radius 1 is 1.16 bits per heavy atom. The van der Waals surface area contributed by atoms with Crippen LogP contribution in [0, 0.1) is 0 Å². The van der Waals surface area contributed by atoms with Crippen LogP contribution in [0.25, 0.3) is 11.5 Å². The number of guanidine groups is 1. The third-order valence-electron chi connectivity index (χ3n) is 3.96. The molecule has 3 aromatic rings. The van der Waals surface area contributed by atoms with Crippen molar-refractivity contribution >= 4 is 29.9 Å². The molecule has 0 unspecified atom stereocenters. The molecule has 3 rings (SSSR count). The van der Waals surface area contributed by atoms with Crippen LogP contribution in [0.3, 0.4) is 0 Å². The van der Waals surface area contributed by atoms with Gasteiger partial charge in [0.1, 0.15) is 6.26 Å². The zero-order chi connectivity index (χ0) is 22.1. The van der Waals surface area contributed by atoms with Crippen LogP contribution in [-0.2, 0) is 13.1 Å². The normalized spacial score (nSPS) is 11.6. The Morgan fingerprint density at radius 2 is 1.94 bits per heavy atom. The second-order valence-electron chi connectivity index (χ2n) is 6.46. The van der Waals surface area contributed by atoms with Crippen molar-refractivity contribution < 1.29 is 22.3 Å². The van der Waals surface area contributed by atoms with E-state index in [1.807, 2.05) is 37.3 Å². The van der Waals surface area contributed by atoms with Gasteiger partial charge in [-0.15, -0.1) is 24.0 Å².